The fourth-order valence-corrected chi connectivity index (χ4v) is 2.58. The molecule has 94 valence electrons. The molecule has 1 aromatic heterocycles. The summed E-state index contributed by atoms with van der Waals surface area (Å²) in [4.78, 5) is 17.9. The van der Waals surface area contributed by atoms with E-state index in [0.717, 1.165) is 30.4 Å². The van der Waals surface area contributed by atoms with E-state index in [4.69, 9.17) is 4.74 Å². The van der Waals surface area contributed by atoms with Crippen LogP contribution in [0.5, 0.6) is 0 Å². The average molecular weight is 245 g/mol. The first-order valence-electron chi connectivity index (χ1n) is 6.07. The maximum absolute atomic E-state index is 11.7. The van der Waals surface area contributed by atoms with Crippen molar-refractivity contribution in [2.24, 2.45) is 0 Å². The number of carbonyl (C=O) groups excluding carboxylic acids is 1. The normalized spacial score (nSPS) is 19.4. The molecule has 1 fully saturated rings. The zero-order valence-electron chi connectivity index (χ0n) is 10.2. The lowest BCUT2D eigenvalue weighted by molar-refractivity contribution is 0.106. The Bertz CT molecular complexity index is 578. The van der Waals surface area contributed by atoms with Crippen molar-refractivity contribution in [2.75, 3.05) is 13.7 Å². The molecule has 0 bridgehead atoms. The van der Waals surface area contributed by atoms with Crippen LogP contribution in [0, 0.1) is 0 Å². The van der Waals surface area contributed by atoms with Crippen LogP contribution >= 0.6 is 0 Å². The third-order valence-corrected chi connectivity index (χ3v) is 3.43. The van der Waals surface area contributed by atoms with Crippen LogP contribution in [0.15, 0.2) is 30.6 Å². The zero-order valence-corrected chi connectivity index (χ0v) is 10.2. The van der Waals surface area contributed by atoms with Gasteiger partial charge in [0.05, 0.1) is 24.5 Å². The van der Waals surface area contributed by atoms with Gasteiger partial charge in [-0.1, -0.05) is 12.1 Å². The fraction of sp³-hybridized carbons (Fsp3) is 0.385. The van der Waals surface area contributed by atoms with Crippen molar-refractivity contribution < 1.29 is 9.53 Å². The Labute approximate surface area is 105 Å². The Balaban J connectivity index is 2.01. The number of amides is 1. The maximum Gasteiger partial charge on any atom is 0.411 e. The van der Waals surface area contributed by atoms with Crippen LogP contribution in [0.1, 0.15) is 19.0 Å². The highest BCUT2D eigenvalue weighted by atomic mass is 16.5. The Hall–Kier alpha value is -2.04. The smallest absolute Gasteiger partial charge is 0.411 e. The van der Waals surface area contributed by atoms with Crippen molar-refractivity contribution in [1.29, 1.82) is 0 Å². The SMILES string of the molecule is COC(=O)N1CCC[C@@H]1n1cnc2ccccc21. The summed E-state index contributed by atoms with van der Waals surface area (Å²) >= 11 is 0. The standard InChI is InChI=1S/C13H15N3O2/c1-18-13(17)15-8-4-7-12(15)16-9-14-10-5-2-3-6-11(10)16/h2-3,5-6,9,12H,4,7-8H2,1H3/t12-/m0/s1. The van der Waals surface area contributed by atoms with Crippen LogP contribution in [0.3, 0.4) is 0 Å². The van der Waals surface area contributed by atoms with E-state index in [9.17, 15) is 4.79 Å². The van der Waals surface area contributed by atoms with Gasteiger partial charge in [0.15, 0.2) is 0 Å². The minimum absolute atomic E-state index is 0.0184. The van der Waals surface area contributed by atoms with E-state index in [-0.39, 0.29) is 12.3 Å². The van der Waals surface area contributed by atoms with Gasteiger partial charge in [-0.05, 0) is 25.0 Å². The Kier molecular flexibility index (Phi) is 2.66. The van der Waals surface area contributed by atoms with Crippen LogP contribution < -0.4 is 0 Å². The summed E-state index contributed by atoms with van der Waals surface area (Å²) in [6.07, 6.45) is 3.48. The first-order chi connectivity index (χ1) is 8.81. The third-order valence-electron chi connectivity index (χ3n) is 3.43. The van der Waals surface area contributed by atoms with Gasteiger partial charge in [0.2, 0.25) is 0 Å². The van der Waals surface area contributed by atoms with Crippen molar-refractivity contribution in [1.82, 2.24) is 14.5 Å². The van der Waals surface area contributed by atoms with Crippen LogP contribution in [-0.2, 0) is 4.74 Å². The molecule has 5 heteroatoms. The minimum atomic E-state index is -0.268. The first kappa shape index (κ1) is 11.1. The molecule has 0 N–H and O–H groups in total. The maximum atomic E-state index is 11.7. The molecule has 3 rings (SSSR count). The largest absolute Gasteiger partial charge is 0.453 e. The predicted octanol–water partition coefficient (Wildman–Crippen LogP) is 2.40. The number of fused-ring (bicyclic) bond motifs is 1. The summed E-state index contributed by atoms with van der Waals surface area (Å²) in [5.74, 6) is 0. The molecule has 0 saturated carbocycles. The highest BCUT2D eigenvalue weighted by Crippen LogP contribution is 2.30. The van der Waals surface area contributed by atoms with E-state index in [1.807, 2.05) is 24.3 Å². The van der Waals surface area contributed by atoms with Gasteiger partial charge in [-0.3, -0.25) is 4.90 Å². The number of para-hydroxylation sites is 2. The molecule has 1 aromatic carbocycles. The number of hydrogen-bond donors (Lipinski definition) is 0. The summed E-state index contributed by atoms with van der Waals surface area (Å²) < 4.78 is 6.88. The van der Waals surface area contributed by atoms with Crippen molar-refractivity contribution in [3.8, 4) is 0 Å². The molecule has 0 radical (unpaired) electrons. The van der Waals surface area contributed by atoms with Crippen molar-refractivity contribution in [2.45, 2.75) is 19.0 Å². The molecule has 1 aliphatic heterocycles. The van der Waals surface area contributed by atoms with Gasteiger partial charge in [0, 0.05) is 6.54 Å². The molecule has 2 heterocycles. The molecular weight excluding hydrogens is 230 g/mol. The van der Waals surface area contributed by atoms with E-state index in [1.54, 1.807) is 11.2 Å². The number of rotatable bonds is 1. The van der Waals surface area contributed by atoms with Crippen LogP contribution in [-0.4, -0.2) is 34.2 Å². The topological polar surface area (TPSA) is 47.4 Å². The number of aromatic nitrogens is 2. The lowest BCUT2D eigenvalue weighted by Gasteiger charge is -2.24. The van der Waals surface area contributed by atoms with E-state index in [0.29, 0.717) is 0 Å². The Morgan fingerprint density at radius 2 is 2.28 bits per heavy atom. The van der Waals surface area contributed by atoms with Gasteiger partial charge >= 0.3 is 6.09 Å². The number of carbonyl (C=O) groups is 1. The summed E-state index contributed by atoms with van der Waals surface area (Å²) in [5, 5.41) is 0. The number of imidazole rings is 1. The van der Waals surface area contributed by atoms with Crippen molar-refractivity contribution in [3.63, 3.8) is 0 Å². The van der Waals surface area contributed by atoms with Crippen LogP contribution in [0.25, 0.3) is 11.0 Å². The average Bonchev–Trinajstić information content (AvgIpc) is 3.03. The highest BCUT2D eigenvalue weighted by Gasteiger charge is 2.31. The fourth-order valence-electron chi connectivity index (χ4n) is 2.58. The van der Waals surface area contributed by atoms with Gasteiger partial charge < -0.3 is 9.30 Å². The molecule has 5 nitrogen and oxygen atoms in total. The van der Waals surface area contributed by atoms with E-state index in [1.165, 1.54) is 7.11 Å². The molecule has 0 unspecified atom stereocenters. The van der Waals surface area contributed by atoms with Gasteiger partial charge in [0.25, 0.3) is 0 Å². The van der Waals surface area contributed by atoms with E-state index in [2.05, 4.69) is 9.55 Å². The summed E-state index contributed by atoms with van der Waals surface area (Å²) in [5.41, 5.74) is 2.01. The number of benzene rings is 1. The molecule has 1 aliphatic rings. The second kappa shape index (κ2) is 4.33. The molecule has 1 atom stereocenters. The summed E-state index contributed by atoms with van der Waals surface area (Å²) in [6, 6.07) is 7.95. The Morgan fingerprint density at radius 1 is 1.44 bits per heavy atom. The molecule has 0 aliphatic carbocycles. The first-order valence-corrected chi connectivity index (χ1v) is 6.07. The number of likely N-dealkylation sites (tertiary alicyclic amines) is 1. The number of methoxy groups -OCH3 is 1. The quantitative estimate of drug-likeness (QED) is 0.775. The number of hydrogen-bond acceptors (Lipinski definition) is 3. The molecule has 2 aromatic rings. The van der Waals surface area contributed by atoms with E-state index >= 15 is 0 Å². The van der Waals surface area contributed by atoms with Crippen molar-refractivity contribution >= 4 is 17.1 Å². The molecular formula is C13H15N3O2. The number of ether oxygens (including phenoxy) is 1. The molecule has 1 saturated heterocycles. The second-order valence-electron chi connectivity index (χ2n) is 4.43. The minimum Gasteiger partial charge on any atom is -0.453 e. The van der Waals surface area contributed by atoms with Crippen LogP contribution in [0.2, 0.25) is 0 Å². The van der Waals surface area contributed by atoms with Gasteiger partial charge in [-0.2, -0.15) is 0 Å². The summed E-state index contributed by atoms with van der Waals surface area (Å²) in [6.45, 7) is 0.740. The van der Waals surface area contributed by atoms with Gasteiger partial charge in [-0.25, -0.2) is 9.78 Å². The van der Waals surface area contributed by atoms with Crippen LogP contribution in [0.4, 0.5) is 4.79 Å². The predicted molar refractivity (Wildman–Crippen MR) is 67.1 cm³/mol. The van der Waals surface area contributed by atoms with Crippen molar-refractivity contribution in [3.05, 3.63) is 30.6 Å². The second-order valence-corrected chi connectivity index (χ2v) is 4.43. The lowest BCUT2D eigenvalue weighted by Crippen LogP contribution is -2.33. The summed E-state index contributed by atoms with van der Waals surface area (Å²) in [7, 11) is 1.42. The Morgan fingerprint density at radius 3 is 3.11 bits per heavy atom. The lowest BCUT2D eigenvalue weighted by atomic mass is 10.3. The highest BCUT2D eigenvalue weighted by molar-refractivity contribution is 5.75. The molecule has 1 amide bonds. The van der Waals surface area contributed by atoms with Gasteiger partial charge in [0.1, 0.15) is 6.17 Å². The molecule has 18 heavy (non-hydrogen) atoms. The molecule has 0 spiro atoms. The van der Waals surface area contributed by atoms with E-state index < -0.39 is 0 Å². The van der Waals surface area contributed by atoms with Gasteiger partial charge in [-0.15, -0.1) is 0 Å². The zero-order chi connectivity index (χ0) is 12.5. The number of nitrogens with zero attached hydrogens (tertiary/aromatic N) is 3. The monoisotopic (exact) mass is 245 g/mol. The third kappa shape index (κ3) is 1.63.